The highest BCUT2D eigenvalue weighted by molar-refractivity contribution is 5.30. The molecule has 2 aromatic rings. The third-order valence-corrected chi connectivity index (χ3v) is 5.14. The minimum absolute atomic E-state index is 0.0860. The van der Waals surface area contributed by atoms with Crippen LogP contribution in [0, 0.1) is 0 Å². The van der Waals surface area contributed by atoms with E-state index in [1.165, 1.54) is 29.7 Å². The van der Waals surface area contributed by atoms with Gasteiger partial charge in [0, 0.05) is 36.3 Å². The third kappa shape index (κ3) is 2.36. The number of aromatic nitrogens is 2. The van der Waals surface area contributed by atoms with E-state index in [-0.39, 0.29) is 11.6 Å². The predicted molar refractivity (Wildman–Crippen MR) is 85.4 cm³/mol. The molecule has 2 aliphatic rings. The molecule has 0 saturated heterocycles. The van der Waals surface area contributed by atoms with Gasteiger partial charge in [0.05, 0.1) is 12.3 Å². The van der Waals surface area contributed by atoms with Gasteiger partial charge in [-0.2, -0.15) is 5.10 Å². The number of hydrogen-bond donors (Lipinski definition) is 2. The molecule has 116 valence electrons. The summed E-state index contributed by atoms with van der Waals surface area (Å²) in [7, 11) is 2.04. The van der Waals surface area contributed by atoms with E-state index in [2.05, 4.69) is 34.7 Å². The standard InChI is InChI=1S/C18H23N3O/c1-21-17(13-7-8-13)14(12-20-21)11-19-18(9-16(22)10-18)15-5-3-2-4-6-15/h2-6,12-13,16,19,22H,7-11H2,1H3. The number of hydrogen-bond acceptors (Lipinski definition) is 3. The first-order valence-corrected chi connectivity index (χ1v) is 8.17. The maximum absolute atomic E-state index is 9.84. The van der Waals surface area contributed by atoms with E-state index in [9.17, 15) is 5.11 Å². The number of nitrogens with one attached hydrogen (secondary N) is 1. The molecule has 4 rings (SSSR count). The van der Waals surface area contributed by atoms with Crippen molar-refractivity contribution in [3.8, 4) is 0 Å². The van der Waals surface area contributed by atoms with Crippen LogP contribution in [0.5, 0.6) is 0 Å². The molecular formula is C18H23N3O. The molecule has 0 amide bonds. The van der Waals surface area contributed by atoms with E-state index in [4.69, 9.17) is 0 Å². The molecular weight excluding hydrogens is 274 g/mol. The van der Waals surface area contributed by atoms with Crippen molar-refractivity contribution in [2.75, 3.05) is 0 Å². The van der Waals surface area contributed by atoms with E-state index >= 15 is 0 Å². The van der Waals surface area contributed by atoms with Crippen molar-refractivity contribution in [3.05, 3.63) is 53.3 Å². The molecule has 22 heavy (non-hydrogen) atoms. The van der Waals surface area contributed by atoms with Crippen molar-refractivity contribution in [2.45, 2.75) is 49.8 Å². The topological polar surface area (TPSA) is 50.1 Å². The minimum atomic E-state index is -0.190. The van der Waals surface area contributed by atoms with Gasteiger partial charge in [0.25, 0.3) is 0 Å². The van der Waals surface area contributed by atoms with Crippen LogP contribution in [0.4, 0.5) is 0 Å². The molecule has 0 bridgehead atoms. The molecule has 0 radical (unpaired) electrons. The molecule has 1 aromatic carbocycles. The Labute approximate surface area is 131 Å². The largest absolute Gasteiger partial charge is 0.393 e. The Morgan fingerprint density at radius 1 is 1.27 bits per heavy atom. The van der Waals surface area contributed by atoms with Crippen molar-refractivity contribution >= 4 is 0 Å². The quantitative estimate of drug-likeness (QED) is 0.891. The molecule has 0 spiro atoms. The molecule has 2 fully saturated rings. The molecule has 2 N–H and O–H groups in total. The van der Waals surface area contributed by atoms with Gasteiger partial charge in [-0.15, -0.1) is 0 Å². The zero-order chi connectivity index (χ0) is 15.2. The fourth-order valence-electron chi connectivity index (χ4n) is 3.76. The van der Waals surface area contributed by atoms with Gasteiger partial charge in [-0.3, -0.25) is 4.68 Å². The van der Waals surface area contributed by atoms with Crippen LogP contribution in [0.2, 0.25) is 0 Å². The Hall–Kier alpha value is -1.65. The fourth-order valence-corrected chi connectivity index (χ4v) is 3.76. The van der Waals surface area contributed by atoms with Crippen molar-refractivity contribution in [3.63, 3.8) is 0 Å². The lowest BCUT2D eigenvalue weighted by molar-refractivity contribution is -0.00215. The summed E-state index contributed by atoms with van der Waals surface area (Å²) < 4.78 is 2.03. The van der Waals surface area contributed by atoms with Gasteiger partial charge in [-0.1, -0.05) is 30.3 Å². The van der Waals surface area contributed by atoms with Gasteiger partial charge in [-0.25, -0.2) is 0 Å². The summed E-state index contributed by atoms with van der Waals surface area (Å²) in [6.45, 7) is 0.821. The molecule has 2 aliphatic carbocycles. The SMILES string of the molecule is Cn1ncc(CNC2(c3ccccc3)CC(O)C2)c1C1CC1. The Morgan fingerprint density at radius 2 is 2.00 bits per heavy atom. The van der Waals surface area contributed by atoms with Crippen LogP contribution < -0.4 is 5.32 Å². The van der Waals surface area contributed by atoms with Crippen LogP contribution in [0.3, 0.4) is 0 Å². The van der Waals surface area contributed by atoms with Crippen LogP contribution in [-0.4, -0.2) is 21.0 Å². The highest BCUT2D eigenvalue weighted by Gasteiger charge is 2.44. The van der Waals surface area contributed by atoms with E-state index < -0.39 is 0 Å². The molecule has 0 atom stereocenters. The Balaban J connectivity index is 1.54. The van der Waals surface area contributed by atoms with Crippen LogP contribution in [0.15, 0.2) is 36.5 Å². The van der Waals surface area contributed by atoms with Crippen molar-refractivity contribution in [1.82, 2.24) is 15.1 Å². The van der Waals surface area contributed by atoms with Crippen molar-refractivity contribution < 1.29 is 5.11 Å². The van der Waals surface area contributed by atoms with Gasteiger partial charge < -0.3 is 10.4 Å². The van der Waals surface area contributed by atoms with Gasteiger partial charge in [0.2, 0.25) is 0 Å². The first-order chi connectivity index (χ1) is 10.7. The van der Waals surface area contributed by atoms with E-state index in [0.29, 0.717) is 5.92 Å². The average molecular weight is 297 g/mol. The van der Waals surface area contributed by atoms with Gasteiger partial charge in [0.15, 0.2) is 0 Å². The molecule has 2 saturated carbocycles. The normalized spacial score (nSPS) is 27.6. The van der Waals surface area contributed by atoms with Gasteiger partial charge in [-0.05, 0) is 31.2 Å². The lowest BCUT2D eigenvalue weighted by Crippen LogP contribution is -2.54. The van der Waals surface area contributed by atoms with Crippen LogP contribution in [0.1, 0.15) is 48.4 Å². The van der Waals surface area contributed by atoms with E-state index in [0.717, 1.165) is 19.4 Å². The molecule has 0 unspecified atom stereocenters. The van der Waals surface area contributed by atoms with Crippen LogP contribution in [-0.2, 0) is 19.1 Å². The second-order valence-corrected chi connectivity index (χ2v) is 6.82. The number of aliphatic hydroxyl groups excluding tert-OH is 1. The lowest BCUT2D eigenvalue weighted by atomic mass is 9.69. The number of rotatable bonds is 5. The monoisotopic (exact) mass is 297 g/mol. The second kappa shape index (κ2) is 5.21. The number of aliphatic hydroxyl groups is 1. The average Bonchev–Trinajstić information content (AvgIpc) is 3.27. The van der Waals surface area contributed by atoms with Gasteiger partial charge >= 0.3 is 0 Å². The molecule has 4 nitrogen and oxygen atoms in total. The molecule has 0 aliphatic heterocycles. The highest BCUT2D eigenvalue weighted by Crippen LogP contribution is 2.43. The first kappa shape index (κ1) is 14.0. The number of benzene rings is 1. The Kier molecular flexibility index (Phi) is 3.31. The maximum atomic E-state index is 9.84. The summed E-state index contributed by atoms with van der Waals surface area (Å²) in [4.78, 5) is 0. The summed E-state index contributed by atoms with van der Waals surface area (Å²) in [5.41, 5.74) is 3.88. The zero-order valence-electron chi connectivity index (χ0n) is 13.0. The summed E-state index contributed by atoms with van der Waals surface area (Å²) in [6, 6.07) is 10.5. The maximum Gasteiger partial charge on any atom is 0.0582 e. The molecule has 1 heterocycles. The zero-order valence-corrected chi connectivity index (χ0v) is 13.0. The Bertz CT molecular complexity index is 654. The first-order valence-electron chi connectivity index (χ1n) is 8.17. The smallest absolute Gasteiger partial charge is 0.0582 e. The third-order valence-electron chi connectivity index (χ3n) is 5.14. The van der Waals surface area contributed by atoms with Crippen molar-refractivity contribution in [2.24, 2.45) is 7.05 Å². The highest BCUT2D eigenvalue weighted by atomic mass is 16.3. The summed E-state index contributed by atoms with van der Waals surface area (Å²) in [6.07, 6.45) is 5.95. The lowest BCUT2D eigenvalue weighted by Gasteiger charge is -2.46. The fraction of sp³-hybridized carbons (Fsp3) is 0.500. The van der Waals surface area contributed by atoms with Crippen LogP contribution in [0.25, 0.3) is 0 Å². The molecule has 1 aromatic heterocycles. The minimum Gasteiger partial charge on any atom is -0.393 e. The summed E-state index contributed by atoms with van der Waals surface area (Å²) >= 11 is 0. The van der Waals surface area contributed by atoms with E-state index in [1.807, 2.05) is 24.0 Å². The van der Waals surface area contributed by atoms with Gasteiger partial charge in [0.1, 0.15) is 0 Å². The van der Waals surface area contributed by atoms with E-state index in [1.54, 1.807) is 0 Å². The summed E-state index contributed by atoms with van der Waals surface area (Å²) in [5, 5.41) is 18.0. The van der Waals surface area contributed by atoms with Crippen LogP contribution >= 0.6 is 0 Å². The Morgan fingerprint density at radius 3 is 2.64 bits per heavy atom. The second-order valence-electron chi connectivity index (χ2n) is 6.82. The number of aryl methyl sites for hydroxylation is 1. The predicted octanol–water partition coefficient (Wildman–Crippen LogP) is 2.44. The van der Waals surface area contributed by atoms with Crippen molar-refractivity contribution in [1.29, 1.82) is 0 Å². The molecule has 4 heteroatoms. The number of nitrogens with zero attached hydrogens (tertiary/aromatic N) is 2. The summed E-state index contributed by atoms with van der Waals surface area (Å²) in [5.74, 6) is 0.698.